The SMILES string of the molecule is COC(=O)CC(NC(=O)c1cccc(NC(=O)CCn2ccnc2)c1)c1ccc(OC)c(OC)c1. The van der Waals surface area contributed by atoms with Crippen LogP contribution in [0, 0.1) is 0 Å². The number of ether oxygens (including phenoxy) is 3. The van der Waals surface area contributed by atoms with Crippen LogP contribution in [0.5, 0.6) is 11.5 Å². The van der Waals surface area contributed by atoms with E-state index < -0.39 is 17.9 Å². The number of benzene rings is 2. The Morgan fingerprint density at radius 1 is 1.03 bits per heavy atom. The molecule has 1 atom stereocenters. The summed E-state index contributed by atoms with van der Waals surface area (Å²) in [5, 5.41) is 5.67. The van der Waals surface area contributed by atoms with Crippen LogP contribution in [0.15, 0.2) is 61.2 Å². The highest BCUT2D eigenvalue weighted by Crippen LogP contribution is 2.31. The minimum atomic E-state index is -0.678. The van der Waals surface area contributed by atoms with E-state index in [-0.39, 0.29) is 18.7 Å². The fourth-order valence-electron chi connectivity index (χ4n) is 3.42. The lowest BCUT2D eigenvalue weighted by Gasteiger charge is -2.20. The normalized spacial score (nSPS) is 11.3. The van der Waals surface area contributed by atoms with E-state index in [2.05, 4.69) is 15.6 Å². The first-order valence-electron chi connectivity index (χ1n) is 10.9. The van der Waals surface area contributed by atoms with Crippen LogP contribution in [-0.4, -0.2) is 48.7 Å². The molecule has 1 unspecified atom stereocenters. The Bertz CT molecular complexity index is 1160. The average Bonchev–Trinajstić information content (AvgIpc) is 3.40. The number of aromatic nitrogens is 2. The number of esters is 1. The molecule has 3 aromatic rings. The Morgan fingerprint density at radius 2 is 1.83 bits per heavy atom. The van der Waals surface area contributed by atoms with Crippen molar-refractivity contribution >= 4 is 23.5 Å². The summed E-state index contributed by atoms with van der Waals surface area (Å²) in [5.41, 5.74) is 1.46. The standard InChI is InChI=1S/C25H28N4O6/c1-33-21-8-7-17(14-22(21)34-2)20(15-24(31)35-3)28-25(32)18-5-4-6-19(13-18)27-23(30)9-11-29-12-10-26-16-29/h4-8,10,12-14,16,20H,9,11,15H2,1-3H3,(H,27,30)(H,28,32). The molecule has 0 radical (unpaired) electrons. The van der Waals surface area contributed by atoms with E-state index >= 15 is 0 Å². The second-order valence-electron chi connectivity index (χ2n) is 7.60. The van der Waals surface area contributed by atoms with Gasteiger partial charge in [0, 0.05) is 36.6 Å². The van der Waals surface area contributed by atoms with Crippen LogP contribution in [0.2, 0.25) is 0 Å². The van der Waals surface area contributed by atoms with Crippen molar-refractivity contribution in [1.29, 1.82) is 0 Å². The summed E-state index contributed by atoms with van der Waals surface area (Å²) >= 11 is 0. The first-order chi connectivity index (χ1) is 16.9. The maximum Gasteiger partial charge on any atom is 0.307 e. The quantitative estimate of drug-likeness (QED) is 0.405. The van der Waals surface area contributed by atoms with Crippen molar-refractivity contribution in [3.05, 3.63) is 72.3 Å². The van der Waals surface area contributed by atoms with Gasteiger partial charge in [0.2, 0.25) is 5.91 Å². The zero-order valence-electron chi connectivity index (χ0n) is 19.8. The molecule has 0 bridgehead atoms. The van der Waals surface area contributed by atoms with Gasteiger partial charge in [-0.05, 0) is 35.9 Å². The number of rotatable bonds is 11. The fraction of sp³-hybridized carbons (Fsp3) is 0.280. The topological polar surface area (TPSA) is 121 Å². The number of carbonyl (C=O) groups is 3. The molecule has 2 aromatic carbocycles. The molecule has 1 aromatic heterocycles. The number of carbonyl (C=O) groups excluding carboxylic acids is 3. The van der Waals surface area contributed by atoms with Gasteiger partial charge in [-0.1, -0.05) is 12.1 Å². The van der Waals surface area contributed by atoms with Crippen molar-refractivity contribution in [2.45, 2.75) is 25.4 Å². The van der Waals surface area contributed by atoms with Crippen LogP contribution in [0.3, 0.4) is 0 Å². The van der Waals surface area contributed by atoms with Gasteiger partial charge in [-0.3, -0.25) is 14.4 Å². The molecule has 35 heavy (non-hydrogen) atoms. The number of amides is 2. The van der Waals surface area contributed by atoms with Crippen LogP contribution in [-0.2, 0) is 20.9 Å². The fourth-order valence-corrected chi connectivity index (χ4v) is 3.42. The maximum absolute atomic E-state index is 13.1. The predicted molar refractivity (Wildman–Crippen MR) is 128 cm³/mol. The molecular weight excluding hydrogens is 452 g/mol. The summed E-state index contributed by atoms with van der Waals surface area (Å²) in [6.07, 6.45) is 5.24. The molecule has 2 amide bonds. The third-order valence-electron chi connectivity index (χ3n) is 5.28. The van der Waals surface area contributed by atoms with Gasteiger partial charge in [-0.25, -0.2) is 4.98 Å². The van der Waals surface area contributed by atoms with E-state index in [0.717, 1.165) is 0 Å². The number of hydrogen-bond donors (Lipinski definition) is 2. The number of aryl methyl sites for hydroxylation is 1. The molecule has 0 spiro atoms. The molecule has 0 fully saturated rings. The number of hydrogen-bond acceptors (Lipinski definition) is 7. The number of imidazole rings is 1. The molecule has 0 saturated carbocycles. The summed E-state index contributed by atoms with van der Waals surface area (Å²) < 4.78 is 17.2. The van der Waals surface area contributed by atoms with Crippen molar-refractivity contribution in [3.8, 4) is 11.5 Å². The summed E-state index contributed by atoms with van der Waals surface area (Å²) in [6.45, 7) is 0.493. The Balaban J connectivity index is 1.72. The zero-order chi connectivity index (χ0) is 25.2. The highest BCUT2D eigenvalue weighted by Gasteiger charge is 2.21. The number of anilines is 1. The monoisotopic (exact) mass is 480 g/mol. The van der Waals surface area contributed by atoms with Gasteiger partial charge in [-0.2, -0.15) is 0 Å². The summed E-state index contributed by atoms with van der Waals surface area (Å²) in [6, 6.07) is 11.0. The molecule has 3 rings (SSSR count). The van der Waals surface area contributed by atoms with Crippen LogP contribution in [0.25, 0.3) is 0 Å². The summed E-state index contributed by atoms with van der Waals surface area (Å²) in [4.78, 5) is 41.3. The molecule has 0 aliphatic heterocycles. The van der Waals surface area contributed by atoms with E-state index in [1.54, 1.807) is 65.8 Å². The summed E-state index contributed by atoms with van der Waals surface area (Å²) in [5.74, 6) is -0.0947. The lowest BCUT2D eigenvalue weighted by atomic mass is 10.0. The van der Waals surface area contributed by atoms with E-state index in [4.69, 9.17) is 14.2 Å². The smallest absolute Gasteiger partial charge is 0.307 e. The molecule has 0 aliphatic carbocycles. The molecule has 2 N–H and O–H groups in total. The highest BCUT2D eigenvalue weighted by molar-refractivity contribution is 5.97. The molecule has 1 heterocycles. The van der Waals surface area contributed by atoms with Crippen LogP contribution in [0.4, 0.5) is 5.69 Å². The second kappa shape index (κ2) is 12.2. The second-order valence-corrected chi connectivity index (χ2v) is 7.60. The van der Waals surface area contributed by atoms with Crippen LogP contribution >= 0.6 is 0 Å². The van der Waals surface area contributed by atoms with Crippen LogP contribution < -0.4 is 20.1 Å². The van der Waals surface area contributed by atoms with Crippen molar-refractivity contribution < 1.29 is 28.6 Å². The van der Waals surface area contributed by atoms with Crippen LogP contribution in [0.1, 0.15) is 34.8 Å². The third-order valence-corrected chi connectivity index (χ3v) is 5.28. The summed E-state index contributed by atoms with van der Waals surface area (Å²) in [7, 11) is 4.31. The van der Waals surface area contributed by atoms with Gasteiger partial charge in [0.25, 0.3) is 5.91 Å². The molecule has 0 saturated heterocycles. The molecule has 10 nitrogen and oxygen atoms in total. The lowest BCUT2D eigenvalue weighted by Crippen LogP contribution is -2.30. The van der Waals surface area contributed by atoms with E-state index in [0.29, 0.717) is 34.9 Å². The lowest BCUT2D eigenvalue weighted by molar-refractivity contribution is -0.141. The van der Waals surface area contributed by atoms with Crippen molar-refractivity contribution in [2.75, 3.05) is 26.6 Å². The molecule has 184 valence electrons. The van der Waals surface area contributed by atoms with Gasteiger partial charge in [0.05, 0.1) is 40.1 Å². The van der Waals surface area contributed by atoms with Crippen molar-refractivity contribution in [3.63, 3.8) is 0 Å². The van der Waals surface area contributed by atoms with E-state index in [1.807, 2.05) is 0 Å². The Hall–Kier alpha value is -4.34. The van der Waals surface area contributed by atoms with Gasteiger partial charge < -0.3 is 29.4 Å². The molecule has 10 heteroatoms. The van der Waals surface area contributed by atoms with Gasteiger partial charge in [0.1, 0.15) is 0 Å². The molecular formula is C25H28N4O6. The number of nitrogens with one attached hydrogen (secondary N) is 2. The first-order valence-corrected chi connectivity index (χ1v) is 10.9. The first kappa shape index (κ1) is 25.3. The largest absolute Gasteiger partial charge is 0.493 e. The number of nitrogens with zero attached hydrogens (tertiary/aromatic N) is 2. The van der Waals surface area contributed by atoms with Crippen molar-refractivity contribution in [1.82, 2.24) is 14.9 Å². The number of methoxy groups -OCH3 is 3. The Kier molecular flexibility index (Phi) is 8.82. The average molecular weight is 481 g/mol. The van der Waals surface area contributed by atoms with Gasteiger partial charge in [-0.15, -0.1) is 0 Å². The minimum Gasteiger partial charge on any atom is -0.493 e. The minimum absolute atomic E-state index is 0.0810. The van der Waals surface area contributed by atoms with Gasteiger partial charge in [0.15, 0.2) is 11.5 Å². The zero-order valence-corrected chi connectivity index (χ0v) is 19.8. The van der Waals surface area contributed by atoms with E-state index in [1.165, 1.54) is 21.3 Å². The molecule has 0 aliphatic rings. The highest BCUT2D eigenvalue weighted by atomic mass is 16.5. The predicted octanol–water partition coefficient (Wildman–Crippen LogP) is 2.96. The van der Waals surface area contributed by atoms with Gasteiger partial charge >= 0.3 is 5.97 Å². The Morgan fingerprint density at radius 3 is 2.51 bits per heavy atom. The van der Waals surface area contributed by atoms with E-state index in [9.17, 15) is 14.4 Å². The Labute approximate surface area is 203 Å². The maximum atomic E-state index is 13.1. The van der Waals surface area contributed by atoms with Crippen molar-refractivity contribution in [2.24, 2.45) is 0 Å². The third kappa shape index (κ3) is 7.07.